The smallest absolute Gasteiger partial charge is 0.182 e. The summed E-state index contributed by atoms with van der Waals surface area (Å²) in [5.41, 5.74) is 0.628. The molecule has 2 aromatic rings. The highest BCUT2D eigenvalue weighted by molar-refractivity contribution is 5.54. The molecule has 0 radical (unpaired) electrons. The van der Waals surface area contributed by atoms with Gasteiger partial charge in [0.2, 0.25) is 0 Å². The van der Waals surface area contributed by atoms with Gasteiger partial charge in [-0.1, -0.05) is 12.1 Å². The van der Waals surface area contributed by atoms with Crippen LogP contribution in [0.2, 0.25) is 0 Å². The van der Waals surface area contributed by atoms with Gasteiger partial charge in [-0.25, -0.2) is 9.07 Å². The predicted octanol–water partition coefficient (Wildman–Crippen LogP) is 0.862. The molecule has 0 unspecified atom stereocenters. The minimum Gasteiger partial charge on any atom is -0.396 e. The molecular formula is C10H11FN4O. The largest absolute Gasteiger partial charge is 0.396 e. The molecule has 0 aliphatic carbocycles. The van der Waals surface area contributed by atoms with Gasteiger partial charge in [-0.3, -0.25) is 0 Å². The van der Waals surface area contributed by atoms with Crippen molar-refractivity contribution >= 4 is 0 Å². The Morgan fingerprint density at radius 1 is 1.38 bits per heavy atom. The molecule has 0 saturated carbocycles. The van der Waals surface area contributed by atoms with Crippen molar-refractivity contribution in [1.82, 2.24) is 20.2 Å². The molecule has 5 nitrogen and oxygen atoms in total. The van der Waals surface area contributed by atoms with Crippen LogP contribution in [0, 0.1) is 5.82 Å². The van der Waals surface area contributed by atoms with Crippen LogP contribution in [-0.2, 0) is 6.54 Å². The first-order chi connectivity index (χ1) is 7.81. The molecule has 16 heavy (non-hydrogen) atoms. The molecule has 84 valence electrons. The van der Waals surface area contributed by atoms with Gasteiger partial charge in [-0.2, -0.15) is 0 Å². The molecule has 1 aromatic carbocycles. The maximum atomic E-state index is 13.0. The Bertz CT molecular complexity index is 471. The van der Waals surface area contributed by atoms with Crippen LogP contribution in [-0.4, -0.2) is 31.9 Å². The first-order valence-electron chi connectivity index (χ1n) is 4.94. The van der Waals surface area contributed by atoms with E-state index >= 15 is 0 Å². The van der Waals surface area contributed by atoms with Gasteiger partial charge >= 0.3 is 0 Å². The zero-order valence-corrected chi connectivity index (χ0v) is 8.54. The van der Waals surface area contributed by atoms with Gasteiger partial charge in [0.25, 0.3) is 0 Å². The van der Waals surface area contributed by atoms with Crippen molar-refractivity contribution in [2.24, 2.45) is 0 Å². The number of aromatic nitrogens is 4. The molecule has 0 bridgehead atoms. The number of halogens is 1. The summed E-state index contributed by atoms with van der Waals surface area (Å²) in [6.45, 7) is 0.581. The molecule has 1 heterocycles. The molecule has 2 rings (SSSR count). The Morgan fingerprint density at radius 2 is 2.25 bits per heavy atom. The average molecular weight is 222 g/mol. The maximum Gasteiger partial charge on any atom is 0.182 e. The third kappa shape index (κ3) is 2.22. The van der Waals surface area contributed by atoms with E-state index in [1.54, 1.807) is 16.8 Å². The van der Waals surface area contributed by atoms with E-state index in [2.05, 4.69) is 15.5 Å². The van der Waals surface area contributed by atoms with Gasteiger partial charge in [0, 0.05) is 18.7 Å². The summed E-state index contributed by atoms with van der Waals surface area (Å²) in [6.07, 6.45) is 0.563. The Morgan fingerprint density at radius 3 is 3.00 bits per heavy atom. The fraction of sp³-hybridized carbons (Fsp3) is 0.300. The average Bonchev–Trinajstić information content (AvgIpc) is 2.74. The summed E-state index contributed by atoms with van der Waals surface area (Å²) in [7, 11) is 0. The van der Waals surface area contributed by atoms with Crippen molar-refractivity contribution in [3.63, 3.8) is 0 Å². The van der Waals surface area contributed by atoms with Crippen molar-refractivity contribution in [2.75, 3.05) is 6.61 Å². The molecule has 1 N–H and O–H groups in total. The normalized spacial score (nSPS) is 10.6. The number of aryl methyl sites for hydroxylation is 1. The van der Waals surface area contributed by atoms with Gasteiger partial charge in [0.15, 0.2) is 5.82 Å². The third-order valence-electron chi connectivity index (χ3n) is 2.14. The first kappa shape index (κ1) is 10.7. The SMILES string of the molecule is OCCCn1nnnc1-c1cccc(F)c1. The van der Waals surface area contributed by atoms with E-state index in [0.29, 0.717) is 24.4 Å². The van der Waals surface area contributed by atoms with E-state index < -0.39 is 0 Å². The lowest BCUT2D eigenvalue weighted by Crippen LogP contribution is -2.04. The second-order valence-electron chi connectivity index (χ2n) is 3.31. The van der Waals surface area contributed by atoms with Crippen molar-refractivity contribution < 1.29 is 9.50 Å². The first-order valence-corrected chi connectivity index (χ1v) is 4.94. The molecule has 1 aromatic heterocycles. The Kier molecular flexibility index (Phi) is 3.21. The molecule has 0 amide bonds. The molecule has 0 aliphatic heterocycles. The van der Waals surface area contributed by atoms with E-state index in [-0.39, 0.29) is 12.4 Å². The van der Waals surface area contributed by atoms with Crippen LogP contribution in [0.1, 0.15) is 6.42 Å². The maximum absolute atomic E-state index is 13.0. The Balaban J connectivity index is 2.29. The second-order valence-corrected chi connectivity index (χ2v) is 3.31. The van der Waals surface area contributed by atoms with Crippen LogP contribution in [0.5, 0.6) is 0 Å². The van der Waals surface area contributed by atoms with E-state index in [0.717, 1.165) is 0 Å². The lowest BCUT2D eigenvalue weighted by atomic mass is 10.2. The molecule has 0 fully saturated rings. The number of benzene rings is 1. The van der Waals surface area contributed by atoms with Crippen LogP contribution in [0.3, 0.4) is 0 Å². The van der Waals surface area contributed by atoms with Gasteiger partial charge in [0.1, 0.15) is 5.82 Å². The molecular weight excluding hydrogens is 211 g/mol. The number of rotatable bonds is 4. The van der Waals surface area contributed by atoms with Crippen molar-refractivity contribution in [3.05, 3.63) is 30.1 Å². The molecule has 0 atom stereocenters. The van der Waals surface area contributed by atoms with Gasteiger partial charge in [-0.05, 0) is 29.0 Å². The zero-order chi connectivity index (χ0) is 11.4. The number of tetrazole rings is 1. The van der Waals surface area contributed by atoms with E-state index in [4.69, 9.17) is 5.11 Å². The summed E-state index contributed by atoms with van der Waals surface area (Å²) in [5.74, 6) is 0.183. The molecule has 0 aliphatic rings. The third-order valence-corrected chi connectivity index (χ3v) is 2.14. The summed E-state index contributed by atoms with van der Waals surface area (Å²) >= 11 is 0. The summed E-state index contributed by atoms with van der Waals surface area (Å²) < 4.78 is 14.6. The second kappa shape index (κ2) is 4.80. The fourth-order valence-corrected chi connectivity index (χ4v) is 1.41. The summed E-state index contributed by atoms with van der Waals surface area (Å²) in [4.78, 5) is 0. The number of aliphatic hydroxyl groups excluding tert-OH is 1. The van der Waals surface area contributed by atoms with Crippen molar-refractivity contribution in [3.8, 4) is 11.4 Å². The number of nitrogens with zero attached hydrogens (tertiary/aromatic N) is 4. The standard InChI is InChI=1S/C10H11FN4O/c11-9-4-1-3-8(7-9)10-12-13-14-15(10)5-2-6-16/h1,3-4,7,16H,2,5-6H2. The number of aliphatic hydroxyl groups is 1. The predicted molar refractivity (Wildman–Crippen MR) is 54.9 cm³/mol. The Labute approximate surface area is 91.5 Å². The van der Waals surface area contributed by atoms with Crippen molar-refractivity contribution in [1.29, 1.82) is 0 Å². The van der Waals surface area contributed by atoms with Gasteiger partial charge in [0.05, 0.1) is 0 Å². The van der Waals surface area contributed by atoms with E-state index in [1.807, 2.05) is 0 Å². The topological polar surface area (TPSA) is 63.8 Å². The number of hydrogen-bond donors (Lipinski definition) is 1. The number of hydrogen-bond acceptors (Lipinski definition) is 4. The monoisotopic (exact) mass is 222 g/mol. The highest BCUT2D eigenvalue weighted by atomic mass is 19.1. The minimum absolute atomic E-state index is 0.0719. The Hall–Kier alpha value is -1.82. The van der Waals surface area contributed by atoms with Crippen LogP contribution in [0.25, 0.3) is 11.4 Å². The van der Waals surface area contributed by atoms with Crippen LogP contribution < -0.4 is 0 Å². The van der Waals surface area contributed by atoms with Crippen LogP contribution in [0.4, 0.5) is 4.39 Å². The van der Waals surface area contributed by atoms with E-state index in [9.17, 15) is 4.39 Å². The van der Waals surface area contributed by atoms with Gasteiger partial charge < -0.3 is 5.11 Å². The molecule has 0 spiro atoms. The summed E-state index contributed by atoms with van der Waals surface area (Å²) in [5, 5.41) is 19.9. The minimum atomic E-state index is -0.325. The lowest BCUT2D eigenvalue weighted by Gasteiger charge is -2.03. The van der Waals surface area contributed by atoms with Crippen molar-refractivity contribution in [2.45, 2.75) is 13.0 Å². The van der Waals surface area contributed by atoms with Gasteiger partial charge in [-0.15, -0.1) is 5.10 Å². The summed E-state index contributed by atoms with van der Waals surface area (Å²) in [6, 6.07) is 6.09. The fourth-order valence-electron chi connectivity index (χ4n) is 1.41. The lowest BCUT2D eigenvalue weighted by molar-refractivity contribution is 0.276. The molecule has 0 saturated heterocycles. The highest BCUT2D eigenvalue weighted by Gasteiger charge is 2.08. The highest BCUT2D eigenvalue weighted by Crippen LogP contribution is 2.16. The van der Waals surface area contributed by atoms with Crippen LogP contribution >= 0.6 is 0 Å². The van der Waals surface area contributed by atoms with E-state index in [1.165, 1.54) is 12.1 Å². The van der Waals surface area contributed by atoms with Crippen LogP contribution in [0.15, 0.2) is 24.3 Å². The zero-order valence-electron chi connectivity index (χ0n) is 8.54. The quantitative estimate of drug-likeness (QED) is 0.833. The molecule has 6 heteroatoms.